The van der Waals surface area contributed by atoms with Gasteiger partial charge in [0.15, 0.2) is 0 Å². The Bertz CT molecular complexity index is 384. The fourth-order valence-corrected chi connectivity index (χ4v) is 2.48. The predicted octanol–water partition coefficient (Wildman–Crippen LogP) is 1.38. The molecule has 0 atom stereocenters. The van der Waals surface area contributed by atoms with Crippen LogP contribution in [-0.4, -0.2) is 29.3 Å². The number of hydrogen-bond donors (Lipinski definition) is 1. The monoisotopic (exact) mass is 243 g/mol. The molecule has 2 rings (SSSR count). The number of nitrogens with zero attached hydrogens (tertiary/aromatic N) is 1. The van der Waals surface area contributed by atoms with Crippen molar-refractivity contribution in [3.05, 3.63) is 16.1 Å². The molecule has 1 fully saturated rings. The largest absolute Gasteiger partial charge is 0.481 e. The van der Waals surface area contributed by atoms with Crippen LogP contribution in [0.3, 0.4) is 0 Å². The summed E-state index contributed by atoms with van der Waals surface area (Å²) in [5.74, 6) is -1.50. The minimum absolute atomic E-state index is 0.103. The summed E-state index contributed by atoms with van der Waals surface area (Å²) in [7, 11) is 0. The number of carboxylic acids is 1. The van der Waals surface area contributed by atoms with Gasteiger partial charge in [0, 0.05) is 12.6 Å². The van der Waals surface area contributed by atoms with Gasteiger partial charge in [0.1, 0.15) is 0 Å². The van der Waals surface area contributed by atoms with Gasteiger partial charge in [-0.05, 0) is 6.92 Å². The maximum absolute atomic E-state index is 10.4. The molecule has 1 N–H and O–H groups in total. The van der Waals surface area contributed by atoms with E-state index >= 15 is 0 Å². The first-order valence-corrected chi connectivity index (χ1v) is 5.87. The summed E-state index contributed by atoms with van der Waals surface area (Å²) in [5.41, 5.74) is 0. The van der Waals surface area contributed by atoms with Crippen molar-refractivity contribution in [2.24, 2.45) is 0 Å². The highest BCUT2D eigenvalue weighted by Gasteiger charge is 2.35. The van der Waals surface area contributed by atoms with Gasteiger partial charge in [0.2, 0.25) is 5.79 Å². The molecular weight excluding hydrogens is 230 g/mol. The standard InChI is InChI=1S/C10H13NO4S/c1-10(14-4-5-15-10)7-6-11-8(16-7)2-3-9(12)13/h6H,2-5H2,1H3,(H,12,13). The van der Waals surface area contributed by atoms with Gasteiger partial charge in [-0.25, -0.2) is 4.98 Å². The lowest BCUT2D eigenvalue weighted by atomic mass is 10.3. The second kappa shape index (κ2) is 4.48. The summed E-state index contributed by atoms with van der Waals surface area (Å²) in [6.07, 6.45) is 2.26. The Morgan fingerprint density at radius 3 is 2.94 bits per heavy atom. The lowest BCUT2D eigenvalue weighted by Crippen LogP contribution is -2.20. The number of aryl methyl sites for hydroxylation is 1. The van der Waals surface area contributed by atoms with Gasteiger partial charge in [-0.15, -0.1) is 11.3 Å². The summed E-state index contributed by atoms with van der Waals surface area (Å²) in [5, 5.41) is 9.37. The van der Waals surface area contributed by atoms with E-state index in [1.54, 1.807) is 6.20 Å². The molecule has 1 aromatic heterocycles. The molecule has 1 aromatic rings. The van der Waals surface area contributed by atoms with Gasteiger partial charge in [-0.2, -0.15) is 0 Å². The van der Waals surface area contributed by atoms with Crippen LogP contribution >= 0.6 is 11.3 Å². The number of carbonyl (C=O) groups is 1. The summed E-state index contributed by atoms with van der Waals surface area (Å²) in [6, 6.07) is 0. The third-order valence-electron chi connectivity index (χ3n) is 2.39. The van der Waals surface area contributed by atoms with Crippen molar-refractivity contribution in [1.29, 1.82) is 0 Å². The van der Waals surface area contributed by atoms with Crippen molar-refractivity contribution in [2.75, 3.05) is 13.2 Å². The third kappa shape index (κ3) is 2.40. The van der Waals surface area contributed by atoms with E-state index < -0.39 is 11.8 Å². The fraction of sp³-hybridized carbons (Fsp3) is 0.600. The normalized spacial score (nSPS) is 18.8. The first-order chi connectivity index (χ1) is 7.60. The number of ether oxygens (including phenoxy) is 2. The molecule has 0 amide bonds. The van der Waals surface area contributed by atoms with Gasteiger partial charge in [-0.3, -0.25) is 4.79 Å². The molecule has 0 aliphatic carbocycles. The zero-order valence-corrected chi connectivity index (χ0v) is 9.75. The van der Waals surface area contributed by atoms with Crippen LogP contribution in [0, 0.1) is 0 Å². The highest BCUT2D eigenvalue weighted by atomic mass is 32.1. The highest BCUT2D eigenvalue weighted by molar-refractivity contribution is 7.11. The van der Waals surface area contributed by atoms with Crippen LogP contribution in [0.4, 0.5) is 0 Å². The van der Waals surface area contributed by atoms with Crippen LogP contribution in [0.25, 0.3) is 0 Å². The summed E-state index contributed by atoms with van der Waals surface area (Å²) in [6.45, 7) is 3.02. The Kier molecular flexibility index (Phi) is 3.22. The minimum atomic E-state index is -0.809. The Morgan fingerprint density at radius 2 is 2.31 bits per heavy atom. The molecule has 1 aliphatic rings. The molecule has 2 heterocycles. The Morgan fingerprint density at radius 1 is 1.62 bits per heavy atom. The van der Waals surface area contributed by atoms with Gasteiger partial charge in [-0.1, -0.05) is 0 Å². The van der Waals surface area contributed by atoms with E-state index in [-0.39, 0.29) is 6.42 Å². The smallest absolute Gasteiger partial charge is 0.303 e. The molecule has 0 saturated carbocycles. The highest BCUT2D eigenvalue weighted by Crippen LogP contribution is 2.34. The van der Waals surface area contributed by atoms with E-state index in [9.17, 15) is 4.79 Å². The zero-order valence-electron chi connectivity index (χ0n) is 8.93. The fourth-order valence-electron chi connectivity index (χ4n) is 1.51. The first kappa shape index (κ1) is 11.5. The summed E-state index contributed by atoms with van der Waals surface area (Å²) < 4.78 is 11.0. The maximum Gasteiger partial charge on any atom is 0.303 e. The number of thiazole rings is 1. The molecular formula is C10H13NO4S. The number of rotatable bonds is 4. The number of carboxylic acid groups (broad SMARTS) is 1. The van der Waals surface area contributed by atoms with Crippen molar-refractivity contribution in [3.8, 4) is 0 Å². The quantitative estimate of drug-likeness (QED) is 0.865. The first-order valence-electron chi connectivity index (χ1n) is 5.05. The van der Waals surface area contributed by atoms with Crippen LogP contribution in [0.5, 0.6) is 0 Å². The number of hydrogen-bond acceptors (Lipinski definition) is 5. The lowest BCUT2D eigenvalue weighted by molar-refractivity contribution is -0.147. The Balaban J connectivity index is 2.04. The van der Waals surface area contributed by atoms with Crippen LogP contribution in [0.15, 0.2) is 6.20 Å². The van der Waals surface area contributed by atoms with Crippen LogP contribution < -0.4 is 0 Å². The van der Waals surface area contributed by atoms with Crippen molar-refractivity contribution in [2.45, 2.75) is 25.6 Å². The van der Waals surface area contributed by atoms with E-state index in [1.165, 1.54) is 11.3 Å². The van der Waals surface area contributed by atoms with E-state index in [2.05, 4.69) is 4.98 Å². The number of aliphatic carboxylic acids is 1. The SMILES string of the molecule is CC1(c2cnc(CCC(=O)O)s2)OCCO1. The molecule has 0 aromatic carbocycles. The topological polar surface area (TPSA) is 68.7 Å². The van der Waals surface area contributed by atoms with Gasteiger partial charge >= 0.3 is 5.97 Å². The van der Waals surface area contributed by atoms with Gasteiger partial charge in [0.05, 0.1) is 29.5 Å². The molecule has 0 spiro atoms. The Hall–Kier alpha value is -0.980. The molecule has 1 aliphatic heterocycles. The van der Waals surface area contributed by atoms with Crippen LogP contribution in [0.1, 0.15) is 23.2 Å². The van der Waals surface area contributed by atoms with E-state index in [4.69, 9.17) is 14.6 Å². The molecule has 6 heteroatoms. The molecule has 5 nitrogen and oxygen atoms in total. The summed E-state index contributed by atoms with van der Waals surface area (Å²) >= 11 is 1.45. The molecule has 1 saturated heterocycles. The van der Waals surface area contributed by atoms with Crippen LogP contribution in [-0.2, 0) is 26.5 Å². The molecule has 16 heavy (non-hydrogen) atoms. The van der Waals surface area contributed by atoms with Crippen molar-refractivity contribution >= 4 is 17.3 Å². The minimum Gasteiger partial charge on any atom is -0.481 e. The molecule has 0 bridgehead atoms. The molecule has 88 valence electrons. The van der Waals surface area contributed by atoms with Crippen molar-refractivity contribution in [1.82, 2.24) is 4.98 Å². The summed E-state index contributed by atoms with van der Waals surface area (Å²) in [4.78, 5) is 15.5. The number of aromatic nitrogens is 1. The van der Waals surface area contributed by atoms with Crippen molar-refractivity contribution < 1.29 is 19.4 Å². The van der Waals surface area contributed by atoms with Crippen LogP contribution in [0.2, 0.25) is 0 Å². The lowest BCUT2D eigenvalue weighted by Gasteiger charge is -2.19. The second-order valence-corrected chi connectivity index (χ2v) is 4.77. The third-order valence-corrected chi connectivity index (χ3v) is 3.63. The second-order valence-electron chi connectivity index (χ2n) is 3.65. The van der Waals surface area contributed by atoms with Crippen molar-refractivity contribution in [3.63, 3.8) is 0 Å². The zero-order chi connectivity index (χ0) is 11.6. The van der Waals surface area contributed by atoms with Gasteiger partial charge in [0.25, 0.3) is 0 Å². The molecule has 0 unspecified atom stereocenters. The average molecular weight is 243 g/mol. The van der Waals surface area contributed by atoms with E-state index in [0.717, 1.165) is 9.88 Å². The average Bonchev–Trinajstić information content (AvgIpc) is 2.84. The van der Waals surface area contributed by atoms with E-state index in [1.807, 2.05) is 6.92 Å². The van der Waals surface area contributed by atoms with E-state index in [0.29, 0.717) is 19.6 Å². The molecule has 0 radical (unpaired) electrons. The predicted molar refractivity (Wildman–Crippen MR) is 57.3 cm³/mol. The Labute approximate surface area is 97.0 Å². The maximum atomic E-state index is 10.4. The van der Waals surface area contributed by atoms with Gasteiger partial charge < -0.3 is 14.6 Å².